The van der Waals surface area contributed by atoms with Gasteiger partial charge in [-0.15, -0.1) is 0 Å². The van der Waals surface area contributed by atoms with E-state index in [1.54, 1.807) is 7.11 Å². The van der Waals surface area contributed by atoms with Crippen LogP contribution in [0, 0.1) is 3.57 Å². The minimum absolute atomic E-state index is 0.0974. The second-order valence-corrected chi connectivity index (χ2v) is 6.89. The Bertz CT molecular complexity index is 638. The minimum atomic E-state index is -0.0974. The highest BCUT2D eigenvalue weighted by Gasteiger charge is 2.23. The monoisotopic (exact) mass is 402 g/mol. The van der Waals surface area contributed by atoms with Crippen LogP contribution in [-0.2, 0) is 5.41 Å². The molecule has 1 heterocycles. The molecule has 3 nitrogen and oxygen atoms in total. The lowest BCUT2D eigenvalue weighted by molar-refractivity contribution is 0.416. The molecule has 5 heteroatoms. The maximum Gasteiger partial charge on any atom is 0.164 e. The molecule has 1 aromatic heterocycles. The topological polar surface area (TPSA) is 35.0 Å². The molecule has 20 heavy (non-hydrogen) atoms. The van der Waals surface area contributed by atoms with E-state index in [1.807, 2.05) is 24.3 Å². The maximum atomic E-state index is 6.27. The van der Waals surface area contributed by atoms with E-state index in [1.165, 1.54) is 0 Å². The molecule has 0 saturated carbocycles. The molecule has 0 spiro atoms. The standard InChI is InChI=1S/C15H16ClIN2O/c1-15(2,3)12-11(17)13(16)19-14(18-12)9-7-5-6-8-10(9)20-4/h5-8H,1-4H3. The van der Waals surface area contributed by atoms with Crippen molar-refractivity contribution in [3.63, 3.8) is 0 Å². The van der Waals surface area contributed by atoms with Gasteiger partial charge in [0.2, 0.25) is 0 Å². The third-order valence-corrected chi connectivity index (χ3v) is 4.48. The SMILES string of the molecule is COc1ccccc1-c1nc(Cl)c(I)c(C(C)(C)C)n1. The van der Waals surface area contributed by atoms with E-state index < -0.39 is 0 Å². The van der Waals surface area contributed by atoms with Gasteiger partial charge in [0.1, 0.15) is 10.9 Å². The zero-order valence-electron chi connectivity index (χ0n) is 11.9. The summed E-state index contributed by atoms with van der Waals surface area (Å²) in [6, 6.07) is 7.68. The van der Waals surface area contributed by atoms with E-state index in [-0.39, 0.29) is 5.41 Å². The van der Waals surface area contributed by atoms with E-state index in [9.17, 15) is 0 Å². The van der Waals surface area contributed by atoms with Crippen molar-refractivity contribution in [2.45, 2.75) is 26.2 Å². The van der Waals surface area contributed by atoms with Crippen LogP contribution in [-0.4, -0.2) is 17.1 Å². The first kappa shape index (κ1) is 15.5. The normalized spacial score (nSPS) is 11.5. The quantitative estimate of drug-likeness (QED) is 0.539. The molecule has 0 N–H and O–H groups in total. The summed E-state index contributed by atoms with van der Waals surface area (Å²) in [6.45, 7) is 6.33. The largest absolute Gasteiger partial charge is 0.496 e. The summed E-state index contributed by atoms with van der Waals surface area (Å²) in [5.41, 5.74) is 1.69. The lowest BCUT2D eigenvalue weighted by Crippen LogP contribution is -2.17. The number of aromatic nitrogens is 2. The molecule has 0 aliphatic rings. The van der Waals surface area contributed by atoms with Crippen LogP contribution in [0.3, 0.4) is 0 Å². The van der Waals surface area contributed by atoms with Gasteiger partial charge in [0.05, 0.1) is 21.9 Å². The van der Waals surface area contributed by atoms with E-state index in [2.05, 4.69) is 48.3 Å². The molecule has 1 aromatic carbocycles. The van der Waals surface area contributed by atoms with E-state index in [0.717, 1.165) is 20.6 Å². The smallest absolute Gasteiger partial charge is 0.164 e. The lowest BCUT2D eigenvalue weighted by Gasteiger charge is -2.21. The Hall–Kier alpha value is -0.880. The highest BCUT2D eigenvalue weighted by Crippen LogP contribution is 2.33. The van der Waals surface area contributed by atoms with Gasteiger partial charge < -0.3 is 4.74 Å². The minimum Gasteiger partial charge on any atom is -0.496 e. The van der Waals surface area contributed by atoms with Gasteiger partial charge >= 0.3 is 0 Å². The summed E-state index contributed by atoms with van der Waals surface area (Å²) in [7, 11) is 1.64. The fraction of sp³-hybridized carbons (Fsp3) is 0.333. The fourth-order valence-corrected chi connectivity index (χ4v) is 3.09. The van der Waals surface area contributed by atoms with Crippen molar-refractivity contribution < 1.29 is 4.74 Å². The van der Waals surface area contributed by atoms with Gasteiger partial charge in [-0.1, -0.05) is 44.5 Å². The average Bonchev–Trinajstić information content (AvgIpc) is 2.40. The number of ether oxygens (including phenoxy) is 1. The molecule has 0 aliphatic heterocycles. The Kier molecular flexibility index (Phi) is 4.54. The molecular weight excluding hydrogens is 387 g/mol. The highest BCUT2D eigenvalue weighted by atomic mass is 127. The summed E-state index contributed by atoms with van der Waals surface area (Å²) in [4.78, 5) is 9.09. The zero-order chi connectivity index (χ0) is 14.9. The number of hydrogen-bond donors (Lipinski definition) is 0. The van der Waals surface area contributed by atoms with Crippen molar-refractivity contribution in [1.29, 1.82) is 0 Å². The molecule has 106 valence electrons. The van der Waals surface area contributed by atoms with E-state index in [4.69, 9.17) is 21.3 Å². The molecule has 0 radical (unpaired) electrons. The van der Waals surface area contributed by atoms with Crippen molar-refractivity contribution in [2.75, 3.05) is 7.11 Å². The number of methoxy groups -OCH3 is 1. The highest BCUT2D eigenvalue weighted by molar-refractivity contribution is 14.1. The molecular formula is C15H16ClIN2O. The van der Waals surface area contributed by atoms with Gasteiger partial charge in [0.15, 0.2) is 5.82 Å². The zero-order valence-corrected chi connectivity index (χ0v) is 14.8. The summed E-state index contributed by atoms with van der Waals surface area (Å²) in [5.74, 6) is 1.34. The van der Waals surface area contributed by atoms with Crippen molar-refractivity contribution in [1.82, 2.24) is 9.97 Å². The number of halogens is 2. The van der Waals surface area contributed by atoms with Crippen molar-refractivity contribution >= 4 is 34.2 Å². The third-order valence-electron chi connectivity index (χ3n) is 2.87. The van der Waals surface area contributed by atoms with Crippen LogP contribution in [0.4, 0.5) is 0 Å². The van der Waals surface area contributed by atoms with E-state index in [0.29, 0.717) is 11.0 Å². The van der Waals surface area contributed by atoms with Gasteiger partial charge in [0.25, 0.3) is 0 Å². The number of para-hydroxylation sites is 1. The first-order valence-corrected chi connectivity index (χ1v) is 7.67. The predicted molar refractivity (Wildman–Crippen MR) is 90.4 cm³/mol. The number of hydrogen-bond acceptors (Lipinski definition) is 3. The average molecular weight is 403 g/mol. The van der Waals surface area contributed by atoms with Crippen molar-refractivity contribution in [2.24, 2.45) is 0 Å². The summed E-state index contributed by atoms with van der Waals surface area (Å²) >= 11 is 8.47. The van der Waals surface area contributed by atoms with Crippen molar-refractivity contribution in [3.05, 3.63) is 38.7 Å². The molecule has 0 bridgehead atoms. The predicted octanol–water partition coefficient (Wildman–Crippen LogP) is 4.71. The van der Waals surface area contributed by atoms with Crippen LogP contribution < -0.4 is 4.74 Å². The molecule has 0 aliphatic carbocycles. The van der Waals surface area contributed by atoms with Crippen molar-refractivity contribution in [3.8, 4) is 17.1 Å². The lowest BCUT2D eigenvalue weighted by atomic mass is 9.92. The Balaban J connectivity index is 2.67. The Labute approximate surface area is 137 Å². The van der Waals surface area contributed by atoms with Gasteiger partial charge in [-0.2, -0.15) is 0 Å². The maximum absolute atomic E-state index is 6.27. The van der Waals surface area contributed by atoms with Crippen LogP contribution >= 0.6 is 34.2 Å². The molecule has 0 saturated heterocycles. The van der Waals surface area contributed by atoms with Gasteiger partial charge in [-0.05, 0) is 34.7 Å². The van der Waals surface area contributed by atoms with Crippen LogP contribution in [0.5, 0.6) is 5.75 Å². The number of rotatable bonds is 2. The van der Waals surface area contributed by atoms with Crippen LogP contribution in [0.1, 0.15) is 26.5 Å². The Morgan fingerprint density at radius 3 is 2.40 bits per heavy atom. The third kappa shape index (κ3) is 3.06. The van der Waals surface area contributed by atoms with Crippen LogP contribution in [0.25, 0.3) is 11.4 Å². The van der Waals surface area contributed by atoms with Crippen LogP contribution in [0.15, 0.2) is 24.3 Å². The molecule has 2 aromatic rings. The summed E-state index contributed by atoms with van der Waals surface area (Å²) < 4.78 is 6.27. The Morgan fingerprint density at radius 2 is 1.80 bits per heavy atom. The summed E-state index contributed by atoms with van der Waals surface area (Å²) in [6.07, 6.45) is 0. The first-order valence-electron chi connectivity index (χ1n) is 6.21. The fourth-order valence-electron chi connectivity index (χ4n) is 1.87. The van der Waals surface area contributed by atoms with Gasteiger partial charge in [-0.3, -0.25) is 0 Å². The number of nitrogens with zero attached hydrogens (tertiary/aromatic N) is 2. The van der Waals surface area contributed by atoms with E-state index >= 15 is 0 Å². The second-order valence-electron chi connectivity index (χ2n) is 5.45. The molecule has 0 fully saturated rings. The molecule has 0 atom stereocenters. The summed E-state index contributed by atoms with van der Waals surface area (Å²) in [5, 5.41) is 0.478. The molecule has 0 amide bonds. The second kappa shape index (κ2) is 5.85. The number of benzene rings is 1. The first-order chi connectivity index (χ1) is 9.34. The molecule has 0 unspecified atom stereocenters. The Morgan fingerprint density at radius 1 is 1.15 bits per heavy atom. The van der Waals surface area contributed by atoms with Gasteiger partial charge in [0, 0.05) is 5.41 Å². The van der Waals surface area contributed by atoms with Crippen LogP contribution in [0.2, 0.25) is 5.15 Å². The molecule has 2 rings (SSSR count). The van der Waals surface area contributed by atoms with Gasteiger partial charge in [-0.25, -0.2) is 9.97 Å².